The van der Waals surface area contributed by atoms with Crippen molar-refractivity contribution >= 4 is 49.0 Å². The molecule has 0 saturated carbocycles. The minimum Gasteiger partial charge on any atom is -0.744 e. The first-order chi connectivity index (χ1) is 17.2. The predicted molar refractivity (Wildman–Crippen MR) is 133 cm³/mol. The number of aromatic nitrogens is 1. The maximum atomic E-state index is 11.6. The highest BCUT2D eigenvalue weighted by Gasteiger charge is 2.26. The fourth-order valence-electron chi connectivity index (χ4n) is 3.16. The number of hydrogen-bond acceptors (Lipinski definition) is 11. The van der Waals surface area contributed by atoms with E-state index in [9.17, 15) is 17.8 Å². The molecule has 0 bridgehead atoms. The molecule has 5 N–H and O–H groups in total. The van der Waals surface area contributed by atoms with Gasteiger partial charge in [-0.25, -0.2) is 18.8 Å². The lowest BCUT2D eigenvalue weighted by Crippen LogP contribution is -2.52. The number of rotatable bonds is 8. The first-order valence-electron chi connectivity index (χ1n) is 10.8. The smallest absolute Gasteiger partial charge is 0.272 e. The summed E-state index contributed by atoms with van der Waals surface area (Å²) in [6, 6.07) is 9.49. The van der Waals surface area contributed by atoms with E-state index < -0.39 is 16.2 Å². The van der Waals surface area contributed by atoms with Gasteiger partial charge in [-0.3, -0.25) is 4.79 Å². The molecular weight excluding hydrogens is 508 g/mol. The van der Waals surface area contributed by atoms with Crippen LogP contribution < -0.4 is 11.2 Å². The van der Waals surface area contributed by atoms with E-state index >= 15 is 0 Å². The van der Waals surface area contributed by atoms with Crippen molar-refractivity contribution in [2.75, 3.05) is 26.4 Å². The van der Waals surface area contributed by atoms with E-state index in [-0.39, 0.29) is 17.4 Å². The van der Waals surface area contributed by atoms with Crippen LogP contribution in [0.5, 0.6) is 0 Å². The van der Waals surface area contributed by atoms with Crippen LogP contribution in [0.15, 0.2) is 56.6 Å². The van der Waals surface area contributed by atoms with Gasteiger partial charge in [-0.2, -0.15) is 15.3 Å². The lowest BCUT2D eigenvalue weighted by atomic mass is 10.2. The molecule has 1 aromatic heterocycles. The Labute approximate surface area is 211 Å². The highest BCUT2D eigenvalue weighted by atomic mass is 32.2. The van der Waals surface area contributed by atoms with Gasteiger partial charge in [0, 0.05) is 5.56 Å². The summed E-state index contributed by atoms with van der Waals surface area (Å²) in [5.41, 5.74) is 8.58. The number of azo groups is 1. The molecule has 0 radical (unpaired) electrons. The second-order valence-electron chi connectivity index (χ2n) is 7.62. The minimum absolute atomic E-state index is 0.111. The molecular formula is C22H26N6O6S2. The quantitative estimate of drug-likeness (QED) is 0.220. The van der Waals surface area contributed by atoms with Crippen LogP contribution in [0.4, 0.5) is 5.69 Å². The maximum Gasteiger partial charge on any atom is 0.272 e. The van der Waals surface area contributed by atoms with Gasteiger partial charge in [0.05, 0.1) is 52.9 Å². The van der Waals surface area contributed by atoms with Gasteiger partial charge in [0.25, 0.3) is 5.91 Å². The van der Waals surface area contributed by atoms with E-state index in [4.69, 9.17) is 9.84 Å². The number of thiazole rings is 1. The number of carbonyl (C=O) groups is 1. The first kappa shape index (κ1) is 27.4. The van der Waals surface area contributed by atoms with Crippen LogP contribution in [0.3, 0.4) is 0 Å². The lowest BCUT2D eigenvalue weighted by molar-refractivity contribution is -0.374. The third kappa shape index (κ3) is 6.75. The number of quaternary nitrogens is 1. The second-order valence-corrected chi connectivity index (χ2v) is 9.93. The van der Waals surface area contributed by atoms with E-state index in [1.165, 1.54) is 0 Å². The minimum atomic E-state index is -4.61. The third-order valence-electron chi connectivity index (χ3n) is 4.87. The summed E-state index contributed by atoms with van der Waals surface area (Å²) < 4.78 is 40.1. The molecule has 0 fully saturated rings. The van der Waals surface area contributed by atoms with E-state index in [0.717, 1.165) is 23.4 Å². The van der Waals surface area contributed by atoms with Gasteiger partial charge in [0.2, 0.25) is 0 Å². The van der Waals surface area contributed by atoms with Crippen LogP contribution in [0, 0.1) is 6.92 Å². The Kier molecular flexibility index (Phi) is 9.31. The Morgan fingerprint density at radius 2 is 1.92 bits per heavy atom. The van der Waals surface area contributed by atoms with Crippen molar-refractivity contribution in [3.8, 4) is 10.6 Å². The molecule has 1 atom stereocenters. The predicted octanol–water partition coefficient (Wildman–Crippen LogP) is 1.37. The Morgan fingerprint density at radius 1 is 1.19 bits per heavy atom. The van der Waals surface area contributed by atoms with E-state index in [2.05, 4.69) is 31.5 Å². The van der Waals surface area contributed by atoms with Crippen molar-refractivity contribution < 1.29 is 33.3 Å². The molecule has 1 unspecified atom stereocenters. The largest absolute Gasteiger partial charge is 0.744 e. The molecule has 14 heteroatoms. The standard InChI is InChI=1S/C18H15N5O4S2.C4H11NO2/c1-9-3-8-13-15(16(9)29(25,26)27)28-18(19-13)11-4-6-12(7-5-11)21-22-14-10(2)20-23-17(14)24;5-1-3-7-4-2-6/h3-8,14H,1-2H3,(H,23,24)(H,25,26,27);6H,1-5H2. The number of amides is 1. The topological polar surface area (TPSA) is 193 Å². The molecule has 0 aliphatic carbocycles. The van der Waals surface area contributed by atoms with Crippen molar-refractivity contribution in [2.24, 2.45) is 15.3 Å². The molecule has 3 aromatic rings. The third-order valence-corrected chi connectivity index (χ3v) is 7.17. The Morgan fingerprint density at radius 3 is 2.50 bits per heavy atom. The van der Waals surface area contributed by atoms with Crippen molar-refractivity contribution in [3.63, 3.8) is 0 Å². The molecule has 2 heterocycles. The maximum absolute atomic E-state index is 11.6. The van der Waals surface area contributed by atoms with Crippen LogP contribution in [0.1, 0.15) is 12.5 Å². The molecule has 0 saturated heterocycles. The summed E-state index contributed by atoms with van der Waals surface area (Å²) in [6.45, 7) is 5.26. The van der Waals surface area contributed by atoms with E-state index in [0.29, 0.717) is 45.4 Å². The zero-order valence-corrected chi connectivity index (χ0v) is 21.3. The summed E-state index contributed by atoms with van der Waals surface area (Å²) in [4.78, 5) is 15.8. The highest BCUT2D eigenvalue weighted by Crippen LogP contribution is 2.36. The number of aliphatic hydroxyl groups excluding tert-OH is 1. The van der Waals surface area contributed by atoms with Gasteiger partial charge in [-0.1, -0.05) is 6.07 Å². The number of hydrogen-bond donors (Lipinski definition) is 3. The average molecular weight is 535 g/mol. The normalized spacial score (nSPS) is 15.6. The number of aryl methyl sites for hydroxylation is 1. The van der Waals surface area contributed by atoms with Gasteiger partial charge in [0.15, 0.2) is 6.04 Å². The lowest BCUT2D eigenvalue weighted by Gasteiger charge is -2.10. The van der Waals surface area contributed by atoms with E-state index in [1.54, 1.807) is 50.2 Å². The molecule has 2 aromatic carbocycles. The number of nitrogens with zero attached hydrogens (tertiary/aromatic N) is 4. The SMILES string of the molecule is CC1=NNC(=O)C1N=Nc1ccc(-c2nc3ccc(C)c(S(=O)(=O)[O-])c3s2)cc1.[NH3+]CCOCCO. The van der Waals surface area contributed by atoms with Crippen LogP contribution in [0.25, 0.3) is 20.8 Å². The van der Waals surface area contributed by atoms with Crippen molar-refractivity contribution in [3.05, 3.63) is 42.0 Å². The highest BCUT2D eigenvalue weighted by molar-refractivity contribution is 7.86. The number of benzene rings is 2. The van der Waals surface area contributed by atoms with Gasteiger partial charge in [-0.15, -0.1) is 11.3 Å². The van der Waals surface area contributed by atoms with Crippen LogP contribution >= 0.6 is 11.3 Å². The first-order valence-corrected chi connectivity index (χ1v) is 13.1. The Bertz CT molecular complexity index is 1380. The number of hydrazone groups is 1. The van der Waals surface area contributed by atoms with Gasteiger partial charge in [0.1, 0.15) is 15.1 Å². The molecule has 1 aliphatic heterocycles. The van der Waals surface area contributed by atoms with Crippen molar-refractivity contribution in [1.82, 2.24) is 10.4 Å². The number of carbonyl (C=O) groups excluding carboxylic acids is 1. The summed E-state index contributed by atoms with van der Waals surface area (Å²) in [5, 5.41) is 20.6. The summed E-state index contributed by atoms with van der Waals surface area (Å²) in [7, 11) is -4.61. The summed E-state index contributed by atoms with van der Waals surface area (Å²) in [6.07, 6.45) is 0. The fraction of sp³-hybridized carbons (Fsp3) is 0.318. The molecule has 0 spiro atoms. The Hall–Kier alpha value is -3.14. The summed E-state index contributed by atoms with van der Waals surface area (Å²) in [5.74, 6) is -0.322. The molecule has 12 nitrogen and oxygen atoms in total. The zero-order chi connectivity index (χ0) is 26.3. The molecule has 1 aliphatic rings. The molecule has 4 rings (SSSR count). The second kappa shape index (κ2) is 12.2. The molecule has 1 amide bonds. The van der Waals surface area contributed by atoms with E-state index in [1.807, 2.05) is 0 Å². The number of nitrogens with one attached hydrogen (secondary N) is 1. The molecule has 192 valence electrons. The van der Waals surface area contributed by atoms with Gasteiger partial charge < -0.3 is 20.1 Å². The van der Waals surface area contributed by atoms with Crippen molar-refractivity contribution in [2.45, 2.75) is 24.8 Å². The van der Waals surface area contributed by atoms with Gasteiger partial charge >= 0.3 is 0 Å². The number of ether oxygens (including phenoxy) is 1. The average Bonchev–Trinajstić information content (AvgIpc) is 3.40. The monoisotopic (exact) mass is 534 g/mol. The number of aliphatic hydroxyl groups is 1. The fourth-order valence-corrected chi connectivity index (χ4v) is 5.44. The zero-order valence-electron chi connectivity index (χ0n) is 19.7. The van der Waals surface area contributed by atoms with Crippen LogP contribution in [-0.4, -0.2) is 67.1 Å². The van der Waals surface area contributed by atoms with Crippen LogP contribution in [0.2, 0.25) is 0 Å². The number of fused-ring (bicyclic) bond motifs is 1. The van der Waals surface area contributed by atoms with Crippen molar-refractivity contribution in [1.29, 1.82) is 0 Å². The van der Waals surface area contributed by atoms with Crippen LogP contribution in [-0.2, 0) is 19.6 Å². The van der Waals surface area contributed by atoms with Gasteiger partial charge in [-0.05, 0) is 49.7 Å². The Balaban J connectivity index is 0.000000454. The summed E-state index contributed by atoms with van der Waals surface area (Å²) >= 11 is 1.15. The molecule has 36 heavy (non-hydrogen) atoms.